The summed E-state index contributed by atoms with van der Waals surface area (Å²) in [5, 5.41) is 4.95. The van der Waals surface area contributed by atoms with Gasteiger partial charge in [0.2, 0.25) is 0 Å². The van der Waals surface area contributed by atoms with Gasteiger partial charge in [-0.3, -0.25) is 9.59 Å². The Kier molecular flexibility index (Phi) is 4.32. The SMILES string of the molecule is CCCNC(=O)C(=O)Nc1cccc(N)c1. The monoisotopic (exact) mass is 221 g/mol. The number of carbonyl (C=O) groups is 2. The topological polar surface area (TPSA) is 84.2 Å². The van der Waals surface area contributed by atoms with Gasteiger partial charge in [-0.1, -0.05) is 13.0 Å². The average Bonchev–Trinajstić information content (AvgIpc) is 2.25. The lowest BCUT2D eigenvalue weighted by Crippen LogP contribution is -2.35. The molecule has 0 heterocycles. The van der Waals surface area contributed by atoms with Crippen molar-refractivity contribution in [2.45, 2.75) is 13.3 Å². The second-order valence-electron chi connectivity index (χ2n) is 3.34. The van der Waals surface area contributed by atoms with E-state index < -0.39 is 11.8 Å². The predicted molar refractivity (Wildman–Crippen MR) is 62.8 cm³/mol. The lowest BCUT2D eigenvalue weighted by molar-refractivity contribution is -0.136. The largest absolute Gasteiger partial charge is 0.399 e. The zero-order chi connectivity index (χ0) is 12.0. The number of nitrogens with two attached hydrogens (primary N) is 1. The molecule has 0 aliphatic heterocycles. The highest BCUT2D eigenvalue weighted by Crippen LogP contribution is 2.11. The van der Waals surface area contributed by atoms with Gasteiger partial charge in [0.1, 0.15) is 0 Å². The first-order valence-electron chi connectivity index (χ1n) is 5.08. The Hall–Kier alpha value is -2.04. The molecule has 0 atom stereocenters. The molecule has 1 rings (SSSR count). The normalized spacial score (nSPS) is 9.56. The van der Waals surface area contributed by atoms with Gasteiger partial charge in [0.05, 0.1) is 0 Å². The molecule has 0 spiro atoms. The van der Waals surface area contributed by atoms with E-state index in [1.165, 1.54) is 0 Å². The van der Waals surface area contributed by atoms with Gasteiger partial charge in [0.25, 0.3) is 0 Å². The maximum atomic E-state index is 11.4. The number of carbonyl (C=O) groups excluding carboxylic acids is 2. The molecule has 0 bridgehead atoms. The average molecular weight is 221 g/mol. The van der Waals surface area contributed by atoms with E-state index in [-0.39, 0.29) is 0 Å². The number of nitrogen functional groups attached to an aromatic ring is 1. The van der Waals surface area contributed by atoms with Gasteiger partial charge in [-0.25, -0.2) is 0 Å². The minimum absolute atomic E-state index is 0.489. The maximum absolute atomic E-state index is 11.4. The summed E-state index contributed by atoms with van der Waals surface area (Å²) in [6.45, 7) is 2.40. The standard InChI is InChI=1S/C11H15N3O2/c1-2-6-13-10(15)11(16)14-9-5-3-4-8(12)7-9/h3-5,7H,2,6,12H2,1H3,(H,13,15)(H,14,16). The summed E-state index contributed by atoms with van der Waals surface area (Å²) in [6, 6.07) is 6.66. The summed E-state index contributed by atoms with van der Waals surface area (Å²) in [4.78, 5) is 22.6. The van der Waals surface area contributed by atoms with Crippen LogP contribution in [0.4, 0.5) is 11.4 Å². The Balaban J connectivity index is 2.54. The third-order valence-electron chi connectivity index (χ3n) is 1.89. The Morgan fingerprint density at radius 2 is 2.06 bits per heavy atom. The van der Waals surface area contributed by atoms with Crippen LogP contribution < -0.4 is 16.4 Å². The van der Waals surface area contributed by atoms with Crippen LogP contribution in [0, 0.1) is 0 Å². The van der Waals surface area contributed by atoms with Crippen LogP contribution in [0.1, 0.15) is 13.3 Å². The molecular weight excluding hydrogens is 206 g/mol. The minimum Gasteiger partial charge on any atom is -0.399 e. The number of amides is 2. The molecule has 16 heavy (non-hydrogen) atoms. The first kappa shape index (κ1) is 12.0. The van der Waals surface area contributed by atoms with E-state index in [1.54, 1.807) is 24.3 Å². The molecule has 1 aromatic rings. The summed E-state index contributed by atoms with van der Waals surface area (Å²) in [7, 11) is 0. The van der Waals surface area contributed by atoms with E-state index in [9.17, 15) is 9.59 Å². The van der Waals surface area contributed by atoms with Crippen molar-refractivity contribution >= 4 is 23.2 Å². The first-order chi connectivity index (χ1) is 7.63. The zero-order valence-corrected chi connectivity index (χ0v) is 9.12. The number of anilines is 2. The van der Waals surface area contributed by atoms with Crippen LogP contribution in [0.5, 0.6) is 0 Å². The molecule has 0 fully saturated rings. The molecule has 0 saturated heterocycles. The van der Waals surface area contributed by atoms with Crippen molar-refractivity contribution in [3.05, 3.63) is 24.3 Å². The fourth-order valence-electron chi connectivity index (χ4n) is 1.12. The van der Waals surface area contributed by atoms with Crippen LogP contribution in [-0.2, 0) is 9.59 Å². The molecule has 0 saturated carbocycles. The van der Waals surface area contributed by atoms with E-state index in [0.29, 0.717) is 17.9 Å². The van der Waals surface area contributed by atoms with Crippen molar-refractivity contribution < 1.29 is 9.59 Å². The molecular formula is C11H15N3O2. The van der Waals surface area contributed by atoms with E-state index in [2.05, 4.69) is 10.6 Å². The van der Waals surface area contributed by atoms with Gasteiger partial charge >= 0.3 is 11.8 Å². The molecule has 1 aromatic carbocycles. The van der Waals surface area contributed by atoms with Gasteiger partial charge in [-0.15, -0.1) is 0 Å². The molecule has 0 aromatic heterocycles. The van der Waals surface area contributed by atoms with Crippen molar-refractivity contribution in [3.8, 4) is 0 Å². The molecule has 4 N–H and O–H groups in total. The Labute approximate surface area is 94.0 Å². The van der Waals surface area contributed by atoms with E-state index in [4.69, 9.17) is 5.73 Å². The quantitative estimate of drug-likeness (QED) is 0.519. The smallest absolute Gasteiger partial charge is 0.313 e. The highest BCUT2D eigenvalue weighted by Gasteiger charge is 2.12. The Morgan fingerprint density at radius 3 is 2.69 bits per heavy atom. The summed E-state index contributed by atoms with van der Waals surface area (Å²) < 4.78 is 0. The summed E-state index contributed by atoms with van der Waals surface area (Å²) in [5.74, 6) is -1.32. The highest BCUT2D eigenvalue weighted by atomic mass is 16.2. The van der Waals surface area contributed by atoms with Crippen molar-refractivity contribution in [1.29, 1.82) is 0 Å². The molecule has 0 unspecified atom stereocenters. The molecule has 0 aliphatic carbocycles. The first-order valence-corrected chi connectivity index (χ1v) is 5.08. The van der Waals surface area contributed by atoms with Crippen LogP contribution in [-0.4, -0.2) is 18.4 Å². The fourth-order valence-corrected chi connectivity index (χ4v) is 1.12. The number of hydrogen-bond acceptors (Lipinski definition) is 3. The third-order valence-corrected chi connectivity index (χ3v) is 1.89. The third kappa shape index (κ3) is 3.61. The summed E-state index contributed by atoms with van der Waals surface area (Å²) in [6.07, 6.45) is 0.789. The van der Waals surface area contributed by atoms with Crippen molar-refractivity contribution in [2.24, 2.45) is 0 Å². The van der Waals surface area contributed by atoms with Crippen LogP contribution >= 0.6 is 0 Å². The maximum Gasteiger partial charge on any atom is 0.313 e. The van der Waals surface area contributed by atoms with Gasteiger partial charge in [-0.2, -0.15) is 0 Å². The second-order valence-corrected chi connectivity index (χ2v) is 3.34. The van der Waals surface area contributed by atoms with Crippen molar-refractivity contribution in [3.63, 3.8) is 0 Å². The van der Waals surface area contributed by atoms with Crippen LogP contribution in [0.15, 0.2) is 24.3 Å². The Morgan fingerprint density at radius 1 is 1.31 bits per heavy atom. The fraction of sp³-hybridized carbons (Fsp3) is 0.273. The van der Waals surface area contributed by atoms with E-state index in [1.807, 2.05) is 6.92 Å². The zero-order valence-electron chi connectivity index (χ0n) is 9.12. The van der Waals surface area contributed by atoms with Crippen LogP contribution in [0.2, 0.25) is 0 Å². The van der Waals surface area contributed by atoms with Crippen LogP contribution in [0.25, 0.3) is 0 Å². The van der Waals surface area contributed by atoms with Crippen molar-refractivity contribution in [2.75, 3.05) is 17.6 Å². The number of rotatable bonds is 3. The number of benzene rings is 1. The summed E-state index contributed by atoms with van der Waals surface area (Å²) >= 11 is 0. The van der Waals surface area contributed by atoms with Gasteiger partial charge in [0, 0.05) is 17.9 Å². The predicted octanol–water partition coefficient (Wildman–Crippen LogP) is 0.733. The van der Waals surface area contributed by atoms with E-state index >= 15 is 0 Å². The van der Waals surface area contributed by atoms with Gasteiger partial charge in [-0.05, 0) is 24.6 Å². The Bertz CT molecular complexity index is 391. The minimum atomic E-state index is -0.681. The van der Waals surface area contributed by atoms with Gasteiger partial charge in [0.15, 0.2) is 0 Å². The lowest BCUT2D eigenvalue weighted by Gasteiger charge is -2.05. The highest BCUT2D eigenvalue weighted by molar-refractivity contribution is 6.39. The molecule has 5 nitrogen and oxygen atoms in total. The second kappa shape index (κ2) is 5.75. The molecule has 0 aliphatic rings. The molecule has 2 amide bonds. The number of hydrogen-bond donors (Lipinski definition) is 3. The lowest BCUT2D eigenvalue weighted by atomic mass is 10.3. The molecule has 5 heteroatoms. The van der Waals surface area contributed by atoms with Gasteiger partial charge < -0.3 is 16.4 Å². The van der Waals surface area contributed by atoms with Crippen LogP contribution in [0.3, 0.4) is 0 Å². The van der Waals surface area contributed by atoms with Crippen molar-refractivity contribution in [1.82, 2.24) is 5.32 Å². The summed E-state index contributed by atoms with van der Waals surface area (Å²) in [5.41, 5.74) is 6.58. The van der Waals surface area contributed by atoms with E-state index in [0.717, 1.165) is 6.42 Å². The molecule has 86 valence electrons. The number of nitrogens with one attached hydrogen (secondary N) is 2. The molecule has 0 radical (unpaired) electrons.